The molecule has 1 fully saturated rings. The summed E-state index contributed by atoms with van der Waals surface area (Å²) in [5.41, 5.74) is 2.15. The fourth-order valence-electron chi connectivity index (χ4n) is 3.20. The number of amides is 1. The molecule has 0 bridgehead atoms. The molecule has 24 heavy (non-hydrogen) atoms. The minimum atomic E-state index is -3.32. The number of nitrogens with zero attached hydrogens (tertiary/aromatic N) is 2. The van der Waals surface area contributed by atoms with E-state index in [-0.39, 0.29) is 11.9 Å². The first-order valence-electron chi connectivity index (χ1n) is 7.85. The fraction of sp³-hybridized carbons (Fsp3) is 0.353. The first kappa shape index (κ1) is 16.6. The highest BCUT2D eigenvalue weighted by Gasteiger charge is 2.31. The first-order chi connectivity index (χ1) is 11.3. The minimum Gasteiger partial charge on any atom is -0.353 e. The fourth-order valence-corrected chi connectivity index (χ4v) is 3.76. The maximum atomic E-state index is 12.8. The molecule has 1 aliphatic rings. The van der Waals surface area contributed by atoms with Crippen molar-refractivity contribution in [2.24, 2.45) is 7.05 Å². The molecule has 1 amide bonds. The monoisotopic (exact) mass is 347 g/mol. The zero-order valence-electron chi connectivity index (χ0n) is 13.8. The third-order valence-electron chi connectivity index (χ3n) is 4.27. The third kappa shape index (κ3) is 3.46. The van der Waals surface area contributed by atoms with Crippen molar-refractivity contribution in [3.63, 3.8) is 0 Å². The zero-order valence-corrected chi connectivity index (χ0v) is 14.6. The Bertz CT molecular complexity index is 840. The van der Waals surface area contributed by atoms with Gasteiger partial charge in [0.1, 0.15) is 0 Å². The number of carbonyl (C=O) groups excluding carboxylic acids is 1. The lowest BCUT2D eigenvalue weighted by atomic mass is 10.1. The highest BCUT2D eigenvalue weighted by atomic mass is 32.2. The Hall–Kier alpha value is -2.28. The highest BCUT2D eigenvalue weighted by Crippen LogP contribution is 2.33. The van der Waals surface area contributed by atoms with Gasteiger partial charge in [0.2, 0.25) is 10.0 Å². The van der Waals surface area contributed by atoms with Crippen LogP contribution in [0.5, 0.6) is 0 Å². The van der Waals surface area contributed by atoms with Gasteiger partial charge < -0.3 is 9.47 Å². The highest BCUT2D eigenvalue weighted by molar-refractivity contribution is 7.92. The smallest absolute Gasteiger partial charge is 0.254 e. The van der Waals surface area contributed by atoms with Crippen molar-refractivity contribution >= 4 is 21.6 Å². The molecule has 1 aliphatic heterocycles. The Morgan fingerprint density at radius 1 is 1.21 bits per heavy atom. The van der Waals surface area contributed by atoms with Gasteiger partial charge in [0.25, 0.3) is 5.91 Å². The quantitative estimate of drug-likeness (QED) is 0.923. The summed E-state index contributed by atoms with van der Waals surface area (Å²) in [7, 11) is -1.33. The second kappa shape index (κ2) is 6.32. The number of nitrogens with one attached hydrogen (secondary N) is 1. The topological polar surface area (TPSA) is 71.4 Å². The van der Waals surface area contributed by atoms with Crippen molar-refractivity contribution in [3.8, 4) is 0 Å². The van der Waals surface area contributed by atoms with Crippen LogP contribution in [0.15, 0.2) is 42.6 Å². The van der Waals surface area contributed by atoms with Crippen molar-refractivity contribution in [3.05, 3.63) is 53.9 Å². The molecular formula is C17H21N3O3S. The van der Waals surface area contributed by atoms with Gasteiger partial charge in [0.15, 0.2) is 0 Å². The van der Waals surface area contributed by atoms with Crippen molar-refractivity contribution < 1.29 is 13.2 Å². The lowest BCUT2D eigenvalue weighted by molar-refractivity contribution is 0.0731. The van der Waals surface area contributed by atoms with Crippen molar-refractivity contribution in [1.29, 1.82) is 0 Å². The van der Waals surface area contributed by atoms with E-state index in [2.05, 4.69) is 15.4 Å². The molecule has 2 heterocycles. The summed E-state index contributed by atoms with van der Waals surface area (Å²) in [5, 5.41) is 0. The number of aromatic nitrogens is 1. The van der Waals surface area contributed by atoms with E-state index in [0.717, 1.165) is 31.3 Å². The summed E-state index contributed by atoms with van der Waals surface area (Å²) in [6.07, 6.45) is 5.02. The van der Waals surface area contributed by atoms with Crippen LogP contribution in [-0.2, 0) is 17.1 Å². The predicted molar refractivity (Wildman–Crippen MR) is 93.3 cm³/mol. The normalized spacial score (nSPS) is 17.9. The summed E-state index contributed by atoms with van der Waals surface area (Å²) in [5.74, 6) is -0.0235. The number of carbonyl (C=O) groups is 1. The average molecular weight is 347 g/mol. The van der Waals surface area contributed by atoms with E-state index < -0.39 is 10.0 Å². The molecule has 6 nitrogen and oxygen atoms in total. The molecule has 3 rings (SSSR count). The van der Waals surface area contributed by atoms with E-state index in [4.69, 9.17) is 0 Å². The van der Waals surface area contributed by atoms with Gasteiger partial charge in [0, 0.05) is 36.7 Å². The van der Waals surface area contributed by atoms with Crippen molar-refractivity contribution in [2.75, 3.05) is 17.5 Å². The largest absolute Gasteiger partial charge is 0.353 e. The van der Waals surface area contributed by atoms with Gasteiger partial charge in [-0.3, -0.25) is 9.52 Å². The molecule has 2 aromatic rings. The molecular weight excluding hydrogens is 326 g/mol. The number of sulfonamides is 1. The maximum absolute atomic E-state index is 12.8. The number of likely N-dealkylation sites (tertiary alicyclic amines) is 1. The van der Waals surface area contributed by atoms with E-state index in [9.17, 15) is 13.2 Å². The molecule has 0 aliphatic carbocycles. The number of anilines is 1. The lowest BCUT2D eigenvalue weighted by Crippen LogP contribution is -2.31. The van der Waals surface area contributed by atoms with Gasteiger partial charge in [-0.1, -0.05) is 0 Å². The maximum Gasteiger partial charge on any atom is 0.254 e. The van der Waals surface area contributed by atoms with Crippen LogP contribution < -0.4 is 4.72 Å². The van der Waals surface area contributed by atoms with E-state index in [0.29, 0.717) is 11.3 Å². The van der Waals surface area contributed by atoms with Gasteiger partial charge in [-0.2, -0.15) is 0 Å². The number of benzene rings is 1. The van der Waals surface area contributed by atoms with Crippen LogP contribution in [0.1, 0.15) is 34.9 Å². The molecule has 128 valence electrons. The summed E-state index contributed by atoms with van der Waals surface area (Å²) in [6.45, 7) is 0.734. The minimum absolute atomic E-state index is 0.0235. The summed E-state index contributed by atoms with van der Waals surface area (Å²) >= 11 is 0. The Balaban J connectivity index is 1.79. The standard InChI is InChI=1S/C17H21N3O3S/c1-19-11-3-5-15(19)16-6-4-12-20(16)17(21)13-7-9-14(10-8-13)18-24(2,22)23/h3,5,7-11,16,18H,4,6,12H2,1-2H3. The van der Waals surface area contributed by atoms with Crippen LogP contribution >= 0.6 is 0 Å². The second-order valence-electron chi connectivity index (χ2n) is 6.15. The molecule has 0 spiro atoms. The van der Waals surface area contributed by atoms with Crippen LogP contribution in [0.25, 0.3) is 0 Å². The molecule has 0 radical (unpaired) electrons. The molecule has 7 heteroatoms. The number of rotatable bonds is 4. The molecule has 1 N–H and O–H groups in total. The van der Waals surface area contributed by atoms with Crippen LogP contribution in [0.4, 0.5) is 5.69 Å². The van der Waals surface area contributed by atoms with Crippen LogP contribution in [0.2, 0.25) is 0 Å². The van der Waals surface area contributed by atoms with Crippen LogP contribution in [0.3, 0.4) is 0 Å². The predicted octanol–water partition coefficient (Wildman–Crippen LogP) is 2.37. The number of hydrogen-bond acceptors (Lipinski definition) is 3. The lowest BCUT2D eigenvalue weighted by Gasteiger charge is -2.25. The van der Waals surface area contributed by atoms with Gasteiger partial charge in [-0.05, 0) is 49.2 Å². The number of aryl methyl sites for hydroxylation is 1. The first-order valence-corrected chi connectivity index (χ1v) is 9.74. The Kier molecular flexibility index (Phi) is 4.36. The van der Waals surface area contributed by atoms with Gasteiger partial charge in [-0.25, -0.2) is 8.42 Å². The molecule has 1 atom stereocenters. The van der Waals surface area contributed by atoms with Crippen molar-refractivity contribution in [1.82, 2.24) is 9.47 Å². The molecule has 0 saturated carbocycles. The van der Waals surface area contributed by atoms with Gasteiger partial charge in [0.05, 0.1) is 12.3 Å². The van der Waals surface area contributed by atoms with Crippen LogP contribution in [-0.4, -0.2) is 36.6 Å². The van der Waals surface area contributed by atoms with Gasteiger partial charge >= 0.3 is 0 Å². The van der Waals surface area contributed by atoms with Crippen LogP contribution in [0, 0.1) is 0 Å². The molecule has 1 aromatic heterocycles. The Labute approximate surface area is 142 Å². The number of hydrogen-bond donors (Lipinski definition) is 1. The second-order valence-corrected chi connectivity index (χ2v) is 7.90. The zero-order chi connectivity index (χ0) is 17.3. The SMILES string of the molecule is Cn1cccc1C1CCCN1C(=O)c1ccc(NS(C)(=O)=O)cc1. The Morgan fingerprint density at radius 3 is 2.50 bits per heavy atom. The van der Waals surface area contributed by atoms with E-state index in [1.54, 1.807) is 24.3 Å². The third-order valence-corrected chi connectivity index (χ3v) is 4.88. The summed E-state index contributed by atoms with van der Waals surface area (Å²) in [6, 6.07) is 10.7. The summed E-state index contributed by atoms with van der Waals surface area (Å²) in [4.78, 5) is 14.7. The average Bonchev–Trinajstić information content (AvgIpc) is 3.14. The van der Waals surface area contributed by atoms with E-state index in [1.165, 1.54) is 0 Å². The summed E-state index contributed by atoms with van der Waals surface area (Å²) < 4.78 is 26.9. The molecule has 1 unspecified atom stereocenters. The molecule has 1 saturated heterocycles. The molecule has 1 aromatic carbocycles. The van der Waals surface area contributed by atoms with Crippen molar-refractivity contribution in [2.45, 2.75) is 18.9 Å². The van der Waals surface area contributed by atoms with E-state index in [1.807, 2.05) is 24.2 Å². The Morgan fingerprint density at radius 2 is 1.92 bits per heavy atom. The van der Waals surface area contributed by atoms with Gasteiger partial charge in [-0.15, -0.1) is 0 Å². The van der Waals surface area contributed by atoms with E-state index >= 15 is 0 Å².